The molecular weight excluding hydrogens is 318 g/mol. The summed E-state index contributed by atoms with van der Waals surface area (Å²) in [4.78, 5) is 2.60. The molecule has 4 heteroatoms. The first-order chi connectivity index (χ1) is 11.8. The molecule has 1 aliphatic heterocycles. The predicted octanol–water partition coefficient (Wildman–Crippen LogP) is 3.77. The van der Waals surface area contributed by atoms with Gasteiger partial charge in [0.25, 0.3) is 0 Å². The number of rotatable bonds is 7. The molecule has 1 heterocycles. The second kappa shape index (κ2) is 8.66. The monoisotopic (exact) mass is 349 g/mol. The zero-order valence-corrected chi connectivity index (χ0v) is 15.7. The van der Waals surface area contributed by atoms with Gasteiger partial charge in [0.05, 0.1) is 5.54 Å². The Morgan fingerprint density at radius 3 is 2.71 bits per heavy atom. The van der Waals surface area contributed by atoms with Gasteiger partial charge in [0, 0.05) is 11.1 Å². The number of likely N-dealkylation sites (N-methyl/N-ethyl adjacent to an activating group) is 1. The molecule has 0 unspecified atom stereocenters. The van der Waals surface area contributed by atoms with Crippen LogP contribution in [0.4, 0.5) is 0 Å². The minimum absolute atomic E-state index is 0.0375. The maximum Gasteiger partial charge on any atom is 0.0602 e. The van der Waals surface area contributed by atoms with Crippen LogP contribution in [0.2, 0.25) is 5.02 Å². The second-order valence-corrected chi connectivity index (χ2v) is 7.76. The van der Waals surface area contributed by atoms with E-state index in [0.29, 0.717) is 6.04 Å². The average molecular weight is 350 g/mol. The van der Waals surface area contributed by atoms with E-state index in [9.17, 15) is 0 Å². The number of hydrogen-bond acceptors (Lipinski definition) is 3. The van der Waals surface area contributed by atoms with Gasteiger partial charge in [-0.2, -0.15) is 0 Å². The molecule has 134 valence electrons. The van der Waals surface area contributed by atoms with Crippen LogP contribution in [0.25, 0.3) is 0 Å². The van der Waals surface area contributed by atoms with Crippen LogP contribution in [0.5, 0.6) is 0 Å². The molecule has 1 aromatic rings. The summed E-state index contributed by atoms with van der Waals surface area (Å²) in [6.07, 6.45) is 8.93. The molecule has 1 aromatic carbocycles. The van der Waals surface area contributed by atoms with Gasteiger partial charge in [0.15, 0.2) is 0 Å². The first-order valence-corrected chi connectivity index (χ1v) is 10.0. The van der Waals surface area contributed by atoms with E-state index in [1.54, 1.807) is 0 Å². The third kappa shape index (κ3) is 3.96. The zero-order chi connectivity index (χ0) is 16.8. The molecule has 2 fully saturated rings. The Labute approximate surface area is 152 Å². The maximum atomic E-state index is 6.56. The molecule has 0 spiro atoms. The van der Waals surface area contributed by atoms with Crippen molar-refractivity contribution in [3.05, 3.63) is 34.9 Å². The van der Waals surface area contributed by atoms with Crippen LogP contribution in [0, 0.1) is 0 Å². The summed E-state index contributed by atoms with van der Waals surface area (Å²) in [5.41, 5.74) is 1.22. The van der Waals surface area contributed by atoms with Gasteiger partial charge >= 0.3 is 0 Å². The minimum atomic E-state index is -0.0375. The molecule has 2 N–H and O–H groups in total. The molecule has 2 atom stereocenters. The van der Waals surface area contributed by atoms with Crippen LogP contribution < -0.4 is 10.6 Å². The second-order valence-electron chi connectivity index (χ2n) is 7.36. The summed E-state index contributed by atoms with van der Waals surface area (Å²) >= 11 is 6.56. The molecule has 3 nitrogen and oxygen atoms in total. The molecule has 1 saturated carbocycles. The Bertz CT molecular complexity index is 515. The van der Waals surface area contributed by atoms with Crippen molar-refractivity contribution in [1.29, 1.82) is 0 Å². The van der Waals surface area contributed by atoms with Crippen LogP contribution in [0.3, 0.4) is 0 Å². The van der Waals surface area contributed by atoms with Crippen LogP contribution in [0.1, 0.15) is 50.5 Å². The van der Waals surface area contributed by atoms with Crippen LogP contribution in [0.15, 0.2) is 24.3 Å². The molecule has 0 radical (unpaired) electrons. The molecule has 2 aliphatic rings. The highest BCUT2D eigenvalue weighted by Gasteiger charge is 2.41. The number of halogens is 1. The van der Waals surface area contributed by atoms with Gasteiger partial charge < -0.3 is 15.5 Å². The fraction of sp³-hybridized carbons (Fsp3) is 0.700. The molecule has 0 bridgehead atoms. The van der Waals surface area contributed by atoms with E-state index in [2.05, 4.69) is 34.7 Å². The quantitative estimate of drug-likeness (QED) is 0.734. The molecule has 24 heavy (non-hydrogen) atoms. The van der Waals surface area contributed by atoms with Gasteiger partial charge in [-0.1, -0.05) is 42.6 Å². The molecule has 3 rings (SSSR count). The third-order valence-corrected chi connectivity index (χ3v) is 6.28. The van der Waals surface area contributed by atoms with Gasteiger partial charge in [-0.3, -0.25) is 0 Å². The smallest absolute Gasteiger partial charge is 0.0602 e. The normalized spacial score (nSPS) is 28.3. The summed E-state index contributed by atoms with van der Waals surface area (Å²) < 4.78 is 0. The van der Waals surface area contributed by atoms with Crippen molar-refractivity contribution in [2.75, 3.05) is 33.2 Å². The fourth-order valence-corrected chi connectivity index (χ4v) is 4.92. The van der Waals surface area contributed by atoms with E-state index in [0.717, 1.165) is 18.0 Å². The van der Waals surface area contributed by atoms with Crippen molar-refractivity contribution in [3.63, 3.8) is 0 Å². The summed E-state index contributed by atoms with van der Waals surface area (Å²) in [5.74, 6) is 0. The average Bonchev–Trinajstić information content (AvgIpc) is 3.13. The Morgan fingerprint density at radius 2 is 1.96 bits per heavy atom. The third-order valence-electron chi connectivity index (χ3n) is 5.95. The number of likely N-dealkylation sites (tertiary alicyclic amines) is 1. The van der Waals surface area contributed by atoms with E-state index < -0.39 is 0 Å². The largest absolute Gasteiger partial charge is 0.312 e. The standard InChI is InChI=1S/C20H32ClN3/c1-22-20(17-9-2-3-10-18(17)21)12-5-4-11-19(20)23-13-8-16-24-14-6-7-15-24/h2-3,9-10,19,22-23H,4-8,11-16H2,1H3/t19-,20-/m1/s1. The van der Waals surface area contributed by atoms with Crippen molar-refractivity contribution in [2.24, 2.45) is 0 Å². The van der Waals surface area contributed by atoms with Gasteiger partial charge in [-0.25, -0.2) is 0 Å². The van der Waals surface area contributed by atoms with E-state index in [-0.39, 0.29) is 5.54 Å². The Hall–Kier alpha value is -0.610. The topological polar surface area (TPSA) is 27.3 Å². The SMILES string of the molecule is CN[C@@]1(c2ccccc2Cl)CCCC[C@H]1NCCCN1CCCC1. The van der Waals surface area contributed by atoms with E-state index in [4.69, 9.17) is 11.6 Å². The Balaban J connectivity index is 1.64. The van der Waals surface area contributed by atoms with Crippen molar-refractivity contribution in [2.45, 2.75) is 56.5 Å². The Kier molecular flexibility index (Phi) is 6.56. The highest BCUT2D eigenvalue weighted by Crippen LogP contribution is 2.40. The fourth-order valence-electron chi connectivity index (χ4n) is 4.61. The number of nitrogens with zero attached hydrogens (tertiary/aromatic N) is 1. The molecular formula is C20H32ClN3. The first-order valence-electron chi connectivity index (χ1n) is 9.66. The van der Waals surface area contributed by atoms with Crippen LogP contribution in [-0.2, 0) is 5.54 Å². The summed E-state index contributed by atoms with van der Waals surface area (Å²) in [6.45, 7) is 4.92. The van der Waals surface area contributed by atoms with Crippen LogP contribution in [-0.4, -0.2) is 44.2 Å². The number of nitrogens with one attached hydrogen (secondary N) is 2. The number of hydrogen-bond donors (Lipinski definition) is 2. The van der Waals surface area contributed by atoms with E-state index in [1.165, 1.54) is 63.7 Å². The van der Waals surface area contributed by atoms with Crippen molar-refractivity contribution in [3.8, 4) is 0 Å². The van der Waals surface area contributed by atoms with Crippen LogP contribution >= 0.6 is 11.6 Å². The lowest BCUT2D eigenvalue weighted by Crippen LogP contribution is -2.58. The highest BCUT2D eigenvalue weighted by molar-refractivity contribution is 6.31. The maximum absolute atomic E-state index is 6.56. The van der Waals surface area contributed by atoms with E-state index >= 15 is 0 Å². The lowest BCUT2D eigenvalue weighted by molar-refractivity contribution is 0.176. The van der Waals surface area contributed by atoms with Gasteiger partial charge in [0.1, 0.15) is 0 Å². The van der Waals surface area contributed by atoms with Gasteiger partial charge in [-0.05, 0) is 77.0 Å². The van der Waals surface area contributed by atoms with Gasteiger partial charge in [-0.15, -0.1) is 0 Å². The molecule has 0 aromatic heterocycles. The lowest BCUT2D eigenvalue weighted by atomic mass is 9.72. The summed E-state index contributed by atoms with van der Waals surface area (Å²) in [5, 5.41) is 8.40. The van der Waals surface area contributed by atoms with Crippen molar-refractivity contribution in [1.82, 2.24) is 15.5 Å². The Morgan fingerprint density at radius 1 is 1.17 bits per heavy atom. The van der Waals surface area contributed by atoms with Crippen molar-refractivity contribution >= 4 is 11.6 Å². The number of benzene rings is 1. The molecule has 1 saturated heterocycles. The minimum Gasteiger partial charge on any atom is -0.312 e. The van der Waals surface area contributed by atoms with Gasteiger partial charge in [0.2, 0.25) is 0 Å². The molecule has 1 aliphatic carbocycles. The zero-order valence-electron chi connectivity index (χ0n) is 15.0. The lowest BCUT2D eigenvalue weighted by Gasteiger charge is -2.45. The predicted molar refractivity (Wildman–Crippen MR) is 103 cm³/mol. The first kappa shape index (κ1) is 18.2. The van der Waals surface area contributed by atoms with Crippen molar-refractivity contribution < 1.29 is 0 Å². The summed E-state index contributed by atoms with van der Waals surface area (Å²) in [6, 6.07) is 8.81. The molecule has 0 amide bonds. The highest BCUT2D eigenvalue weighted by atomic mass is 35.5. The van der Waals surface area contributed by atoms with E-state index in [1.807, 2.05) is 12.1 Å². The summed E-state index contributed by atoms with van der Waals surface area (Å²) in [7, 11) is 2.09.